The number of benzene rings is 2. The number of amides is 1. The summed E-state index contributed by atoms with van der Waals surface area (Å²) in [6, 6.07) is 14.1. The zero-order valence-electron chi connectivity index (χ0n) is 16.4. The van der Waals surface area contributed by atoms with Gasteiger partial charge < -0.3 is 15.4 Å². The smallest absolute Gasteiger partial charge is 0.416 e. The molecule has 8 heteroatoms. The van der Waals surface area contributed by atoms with Crippen molar-refractivity contribution in [2.24, 2.45) is 0 Å². The zero-order chi connectivity index (χ0) is 21.7. The van der Waals surface area contributed by atoms with E-state index in [0.717, 1.165) is 11.6 Å². The fourth-order valence-corrected chi connectivity index (χ4v) is 2.94. The van der Waals surface area contributed by atoms with Gasteiger partial charge in [0.05, 0.1) is 18.2 Å². The molecule has 0 atom stereocenters. The third kappa shape index (κ3) is 4.89. The normalized spacial score (nSPS) is 11.1. The lowest BCUT2D eigenvalue weighted by Gasteiger charge is -2.16. The predicted molar refractivity (Wildman–Crippen MR) is 109 cm³/mol. The average Bonchev–Trinajstić information content (AvgIpc) is 2.73. The number of anilines is 2. The molecule has 0 saturated heterocycles. The van der Waals surface area contributed by atoms with Gasteiger partial charge in [-0.2, -0.15) is 13.2 Å². The van der Waals surface area contributed by atoms with Crippen LogP contribution in [0.1, 0.15) is 27.0 Å². The molecule has 5 nitrogen and oxygen atoms in total. The largest absolute Gasteiger partial charge is 0.481 e. The van der Waals surface area contributed by atoms with Crippen LogP contribution < -0.4 is 15.4 Å². The minimum Gasteiger partial charge on any atom is -0.481 e. The quantitative estimate of drug-likeness (QED) is 0.575. The van der Waals surface area contributed by atoms with E-state index in [1.807, 2.05) is 6.07 Å². The highest BCUT2D eigenvalue weighted by molar-refractivity contribution is 6.08. The molecule has 3 rings (SSSR count). The molecule has 0 aliphatic rings. The monoisotopic (exact) mass is 415 g/mol. The van der Waals surface area contributed by atoms with Crippen molar-refractivity contribution >= 4 is 17.3 Å². The summed E-state index contributed by atoms with van der Waals surface area (Å²) in [5, 5.41) is 5.75. The molecular weight excluding hydrogens is 395 g/mol. The summed E-state index contributed by atoms with van der Waals surface area (Å²) in [6.45, 7) is 1.74. The fourth-order valence-electron chi connectivity index (χ4n) is 2.94. The Morgan fingerprint density at radius 3 is 2.43 bits per heavy atom. The Bertz CT molecular complexity index is 1030. The van der Waals surface area contributed by atoms with E-state index >= 15 is 0 Å². The summed E-state index contributed by atoms with van der Waals surface area (Å²) in [7, 11) is 1.53. The highest BCUT2D eigenvalue weighted by Gasteiger charge is 2.33. The first-order valence-electron chi connectivity index (χ1n) is 9.09. The van der Waals surface area contributed by atoms with Crippen LogP contribution in [0.2, 0.25) is 0 Å². The van der Waals surface area contributed by atoms with E-state index in [1.54, 1.807) is 36.5 Å². The summed E-state index contributed by atoms with van der Waals surface area (Å²) in [4.78, 5) is 16.9. The van der Waals surface area contributed by atoms with Gasteiger partial charge >= 0.3 is 6.18 Å². The Labute approximate surface area is 171 Å². The molecule has 0 radical (unpaired) electrons. The number of hydrogen-bond acceptors (Lipinski definition) is 4. The van der Waals surface area contributed by atoms with Crippen molar-refractivity contribution in [3.8, 4) is 5.88 Å². The number of nitrogens with zero attached hydrogens (tertiary/aromatic N) is 1. The number of carbonyl (C=O) groups excluding carboxylic acids is 1. The second kappa shape index (κ2) is 8.86. The van der Waals surface area contributed by atoms with Crippen molar-refractivity contribution in [1.82, 2.24) is 4.98 Å². The molecule has 1 heterocycles. The third-order valence-corrected chi connectivity index (χ3v) is 4.55. The topological polar surface area (TPSA) is 63.2 Å². The molecule has 1 aromatic heterocycles. The molecule has 0 bridgehead atoms. The average molecular weight is 415 g/mol. The molecule has 2 aromatic carbocycles. The van der Waals surface area contributed by atoms with E-state index in [0.29, 0.717) is 23.7 Å². The van der Waals surface area contributed by atoms with Gasteiger partial charge in [0, 0.05) is 30.2 Å². The lowest BCUT2D eigenvalue weighted by Crippen LogP contribution is -2.17. The maximum absolute atomic E-state index is 13.1. The van der Waals surface area contributed by atoms with E-state index in [4.69, 9.17) is 4.74 Å². The first kappa shape index (κ1) is 21.2. The molecule has 2 N–H and O–H groups in total. The molecule has 0 aliphatic carbocycles. The van der Waals surface area contributed by atoms with Gasteiger partial charge in [-0.25, -0.2) is 4.98 Å². The molecule has 0 spiro atoms. The molecule has 0 aliphatic heterocycles. The lowest BCUT2D eigenvalue weighted by atomic mass is 10.1. The van der Waals surface area contributed by atoms with Gasteiger partial charge in [-0.3, -0.25) is 4.79 Å². The lowest BCUT2D eigenvalue weighted by molar-refractivity contribution is -0.138. The number of pyridine rings is 1. The number of halogens is 3. The molecule has 0 fully saturated rings. The highest BCUT2D eigenvalue weighted by Crippen LogP contribution is 2.34. The minimum atomic E-state index is -4.49. The van der Waals surface area contributed by atoms with Gasteiger partial charge in [0.25, 0.3) is 5.91 Å². The number of para-hydroxylation sites is 1. The van der Waals surface area contributed by atoms with Crippen LogP contribution in [0.4, 0.5) is 24.5 Å². The standard InChI is InChI=1S/C22H20F3N3O2/c1-14-17(22(23,24)25)7-5-9-18(14)28-21(29)16-6-3-4-8-19(16)26-12-15-10-11-20(30-2)27-13-15/h3-11,13,26H,12H2,1-2H3,(H,28,29). The van der Waals surface area contributed by atoms with Gasteiger partial charge in [0.15, 0.2) is 0 Å². The Kier molecular flexibility index (Phi) is 6.25. The van der Waals surface area contributed by atoms with Crippen LogP contribution in [-0.4, -0.2) is 18.0 Å². The van der Waals surface area contributed by atoms with Crippen LogP contribution in [0.3, 0.4) is 0 Å². The van der Waals surface area contributed by atoms with E-state index in [1.165, 1.54) is 26.2 Å². The van der Waals surface area contributed by atoms with Crippen LogP contribution in [0.25, 0.3) is 0 Å². The number of rotatable bonds is 6. The molecule has 0 saturated carbocycles. The van der Waals surface area contributed by atoms with Crippen molar-refractivity contribution in [3.05, 3.63) is 83.0 Å². The van der Waals surface area contributed by atoms with E-state index in [2.05, 4.69) is 15.6 Å². The van der Waals surface area contributed by atoms with Crippen LogP contribution in [0.5, 0.6) is 5.88 Å². The zero-order valence-corrected chi connectivity index (χ0v) is 16.4. The highest BCUT2D eigenvalue weighted by atomic mass is 19.4. The molecule has 1 amide bonds. The van der Waals surface area contributed by atoms with Crippen molar-refractivity contribution < 1.29 is 22.7 Å². The molecular formula is C22H20F3N3O2. The first-order valence-corrected chi connectivity index (χ1v) is 9.09. The molecule has 3 aromatic rings. The molecule has 30 heavy (non-hydrogen) atoms. The molecule has 0 unspecified atom stereocenters. The summed E-state index contributed by atoms with van der Waals surface area (Å²) in [5.41, 5.74) is 1.04. The fraction of sp³-hybridized carbons (Fsp3) is 0.182. The summed E-state index contributed by atoms with van der Waals surface area (Å²) in [6.07, 6.45) is -2.84. The number of methoxy groups -OCH3 is 1. The number of ether oxygens (including phenoxy) is 1. The summed E-state index contributed by atoms with van der Waals surface area (Å²) < 4.78 is 44.4. The first-order chi connectivity index (χ1) is 14.3. The van der Waals surface area contributed by atoms with Gasteiger partial charge in [-0.1, -0.05) is 24.3 Å². The number of alkyl halides is 3. The summed E-state index contributed by atoms with van der Waals surface area (Å²) in [5.74, 6) is -0.0108. The second-order valence-electron chi connectivity index (χ2n) is 6.54. The maximum atomic E-state index is 13.1. The van der Waals surface area contributed by atoms with Gasteiger partial charge in [0.2, 0.25) is 5.88 Å². The Morgan fingerprint density at radius 2 is 1.77 bits per heavy atom. The third-order valence-electron chi connectivity index (χ3n) is 4.55. The second-order valence-corrected chi connectivity index (χ2v) is 6.54. The van der Waals surface area contributed by atoms with Gasteiger partial charge in [0.1, 0.15) is 0 Å². The summed E-state index contributed by atoms with van der Waals surface area (Å²) >= 11 is 0. The van der Waals surface area contributed by atoms with Crippen molar-refractivity contribution in [1.29, 1.82) is 0 Å². The SMILES string of the molecule is COc1ccc(CNc2ccccc2C(=O)Nc2cccc(C(F)(F)F)c2C)cn1. The van der Waals surface area contributed by atoms with Gasteiger partial charge in [-0.05, 0) is 42.3 Å². The Morgan fingerprint density at radius 1 is 1.03 bits per heavy atom. The van der Waals surface area contributed by atoms with E-state index in [-0.39, 0.29) is 11.3 Å². The van der Waals surface area contributed by atoms with Crippen LogP contribution in [0, 0.1) is 6.92 Å². The van der Waals surface area contributed by atoms with Crippen LogP contribution >= 0.6 is 0 Å². The number of carbonyl (C=O) groups is 1. The number of hydrogen-bond donors (Lipinski definition) is 2. The maximum Gasteiger partial charge on any atom is 0.416 e. The van der Waals surface area contributed by atoms with Crippen LogP contribution in [-0.2, 0) is 12.7 Å². The number of nitrogens with one attached hydrogen (secondary N) is 2. The van der Waals surface area contributed by atoms with Gasteiger partial charge in [-0.15, -0.1) is 0 Å². The predicted octanol–water partition coefficient (Wildman–Crippen LogP) is 5.28. The van der Waals surface area contributed by atoms with E-state index in [9.17, 15) is 18.0 Å². The Balaban J connectivity index is 1.77. The van der Waals surface area contributed by atoms with E-state index < -0.39 is 17.6 Å². The Hall–Kier alpha value is -3.55. The molecule has 156 valence electrons. The van der Waals surface area contributed by atoms with Crippen molar-refractivity contribution in [3.63, 3.8) is 0 Å². The van der Waals surface area contributed by atoms with Crippen molar-refractivity contribution in [2.45, 2.75) is 19.6 Å². The number of aromatic nitrogens is 1. The van der Waals surface area contributed by atoms with Crippen molar-refractivity contribution in [2.75, 3.05) is 17.7 Å². The van der Waals surface area contributed by atoms with Crippen LogP contribution in [0.15, 0.2) is 60.8 Å². The minimum absolute atomic E-state index is 0.0342.